The molecule has 0 aliphatic rings. The molecule has 0 saturated heterocycles. The van der Waals surface area contributed by atoms with Gasteiger partial charge in [0, 0.05) is 6.42 Å². The first-order chi connectivity index (χ1) is 23.2. The predicted molar refractivity (Wildman–Crippen MR) is 207 cm³/mol. The maximum absolute atomic E-state index is 12.3. The van der Waals surface area contributed by atoms with Gasteiger partial charge >= 0.3 is 0 Å². The van der Waals surface area contributed by atoms with Crippen LogP contribution in [0.5, 0.6) is 0 Å². The van der Waals surface area contributed by atoms with Crippen LogP contribution >= 0.6 is 0 Å². The van der Waals surface area contributed by atoms with E-state index < -0.39 is 12.1 Å². The number of hydrogen-bond acceptors (Lipinski definition) is 3. The third-order valence-electron chi connectivity index (χ3n) is 9.35. The van der Waals surface area contributed by atoms with E-state index in [9.17, 15) is 15.0 Å². The summed E-state index contributed by atoms with van der Waals surface area (Å²) in [6.45, 7) is 4.25. The van der Waals surface area contributed by atoms with Gasteiger partial charge in [-0.25, -0.2) is 0 Å². The fourth-order valence-corrected chi connectivity index (χ4v) is 6.14. The normalized spacial score (nSPS) is 13.4. The standard InChI is InChI=1S/C43H81NO3/c1-3-5-7-9-11-13-15-17-18-19-20-21-22-23-24-25-26-27-29-31-33-35-37-39-43(47)44-41(40-45)42(46)38-36-34-32-30-28-16-14-12-10-8-6-4-2/h10,12,28,30,36,38,41-42,45-46H,3-9,11,13-27,29,31-35,37,39-40H2,1-2H3,(H,44,47)/b12-10+,30-28+,38-36+. The summed E-state index contributed by atoms with van der Waals surface area (Å²) >= 11 is 0. The molecule has 1 amide bonds. The van der Waals surface area contributed by atoms with Gasteiger partial charge in [-0.3, -0.25) is 4.79 Å². The van der Waals surface area contributed by atoms with E-state index in [1.807, 2.05) is 6.08 Å². The van der Waals surface area contributed by atoms with Crippen LogP contribution in [0.1, 0.15) is 213 Å². The van der Waals surface area contributed by atoms with Gasteiger partial charge in [0.25, 0.3) is 0 Å². The van der Waals surface area contributed by atoms with Crippen LogP contribution in [0.15, 0.2) is 36.5 Å². The van der Waals surface area contributed by atoms with Crippen molar-refractivity contribution < 1.29 is 15.0 Å². The largest absolute Gasteiger partial charge is 0.394 e. The number of hydrogen-bond donors (Lipinski definition) is 3. The minimum absolute atomic E-state index is 0.0772. The molecule has 0 radical (unpaired) electrons. The maximum atomic E-state index is 12.3. The van der Waals surface area contributed by atoms with Crippen LogP contribution in [0.4, 0.5) is 0 Å². The first-order valence-corrected chi connectivity index (χ1v) is 20.7. The van der Waals surface area contributed by atoms with Crippen molar-refractivity contribution in [2.24, 2.45) is 0 Å². The molecule has 2 unspecified atom stereocenters. The van der Waals surface area contributed by atoms with Gasteiger partial charge in [0.2, 0.25) is 5.91 Å². The summed E-state index contributed by atoms with van der Waals surface area (Å²) in [5, 5.41) is 22.9. The van der Waals surface area contributed by atoms with E-state index in [0.29, 0.717) is 6.42 Å². The number of carbonyl (C=O) groups excluding carboxylic acids is 1. The van der Waals surface area contributed by atoms with Crippen LogP contribution < -0.4 is 5.32 Å². The van der Waals surface area contributed by atoms with Crippen LogP contribution in [-0.4, -0.2) is 34.9 Å². The summed E-state index contributed by atoms with van der Waals surface area (Å²) < 4.78 is 0. The SMILES string of the molecule is CCCC/C=C/CC/C=C/CC/C=C/C(O)C(CO)NC(=O)CCCCCCCCCCCCCCCCCCCCCCCCC. The fraction of sp³-hybridized carbons (Fsp3) is 0.837. The van der Waals surface area contributed by atoms with Gasteiger partial charge < -0.3 is 15.5 Å². The number of unbranched alkanes of at least 4 members (excludes halogenated alkanes) is 26. The van der Waals surface area contributed by atoms with Crippen LogP contribution in [0.25, 0.3) is 0 Å². The average Bonchev–Trinajstić information content (AvgIpc) is 3.07. The molecule has 0 aliphatic carbocycles. The van der Waals surface area contributed by atoms with Crippen molar-refractivity contribution in [3.8, 4) is 0 Å². The minimum Gasteiger partial charge on any atom is -0.394 e. The summed E-state index contributed by atoms with van der Waals surface area (Å²) in [4.78, 5) is 12.3. The number of amides is 1. The Labute approximate surface area is 293 Å². The number of allylic oxidation sites excluding steroid dienone is 5. The Bertz CT molecular complexity index is 716. The van der Waals surface area contributed by atoms with E-state index in [1.54, 1.807) is 6.08 Å². The van der Waals surface area contributed by atoms with Gasteiger partial charge in [-0.15, -0.1) is 0 Å². The molecule has 0 heterocycles. The first-order valence-electron chi connectivity index (χ1n) is 20.7. The topological polar surface area (TPSA) is 69.6 Å². The van der Waals surface area contributed by atoms with E-state index in [1.165, 1.54) is 154 Å². The highest BCUT2D eigenvalue weighted by Crippen LogP contribution is 2.16. The quantitative estimate of drug-likeness (QED) is 0.0459. The lowest BCUT2D eigenvalue weighted by Gasteiger charge is -2.19. The van der Waals surface area contributed by atoms with Crippen molar-refractivity contribution >= 4 is 5.91 Å². The summed E-state index contributed by atoms with van der Waals surface area (Å²) in [5.74, 6) is -0.0772. The van der Waals surface area contributed by atoms with Crippen LogP contribution in [0.2, 0.25) is 0 Å². The molecule has 0 aromatic carbocycles. The molecule has 4 heteroatoms. The molecule has 4 nitrogen and oxygen atoms in total. The molecule has 0 saturated carbocycles. The highest BCUT2D eigenvalue weighted by atomic mass is 16.3. The smallest absolute Gasteiger partial charge is 0.220 e. The third-order valence-corrected chi connectivity index (χ3v) is 9.35. The van der Waals surface area contributed by atoms with Crippen LogP contribution in [0, 0.1) is 0 Å². The molecule has 3 N–H and O–H groups in total. The lowest BCUT2D eigenvalue weighted by molar-refractivity contribution is -0.123. The Balaban J connectivity index is 3.54. The molecule has 0 rings (SSSR count). The van der Waals surface area contributed by atoms with Gasteiger partial charge in [0.15, 0.2) is 0 Å². The Morgan fingerprint density at radius 3 is 1.21 bits per heavy atom. The van der Waals surface area contributed by atoms with Gasteiger partial charge in [-0.1, -0.05) is 204 Å². The highest BCUT2D eigenvalue weighted by Gasteiger charge is 2.17. The maximum Gasteiger partial charge on any atom is 0.220 e. The van der Waals surface area contributed by atoms with Gasteiger partial charge in [-0.2, -0.15) is 0 Å². The van der Waals surface area contributed by atoms with E-state index in [4.69, 9.17) is 0 Å². The number of nitrogens with one attached hydrogen (secondary N) is 1. The highest BCUT2D eigenvalue weighted by molar-refractivity contribution is 5.76. The molecule has 2 atom stereocenters. The molecule has 0 aromatic rings. The summed E-state index contributed by atoms with van der Waals surface area (Å²) in [6.07, 6.45) is 51.1. The zero-order chi connectivity index (χ0) is 34.3. The molecule has 47 heavy (non-hydrogen) atoms. The van der Waals surface area contributed by atoms with Gasteiger partial charge in [0.1, 0.15) is 0 Å². The van der Waals surface area contributed by atoms with E-state index in [-0.39, 0.29) is 12.5 Å². The summed E-state index contributed by atoms with van der Waals surface area (Å²) in [5.41, 5.74) is 0. The fourth-order valence-electron chi connectivity index (χ4n) is 6.14. The Morgan fingerprint density at radius 1 is 0.489 bits per heavy atom. The molecule has 0 aromatic heterocycles. The minimum atomic E-state index is -0.865. The van der Waals surface area contributed by atoms with Crippen LogP contribution in [0.3, 0.4) is 0 Å². The number of aliphatic hydroxyl groups excluding tert-OH is 2. The number of aliphatic hydroxyl groups is 2. The first kappa shape index (κ1) is 45.6. The molecule has 0 fully saturated rings. The second-order valence-corrected chi connectivity index (χ2v) is 14.0. The summed E-state index contributed by atoms with van der Waals surface area (Å²) in [7, 11) is 0. The van der Waals surface area contributed by atoms with E-state index in [0.717, 1.165) is 38.5 Å². The number of rotatable bonds is 37. The van der Waals surface area contributed by atoms with Crippen molar-refractivity contribution in [2.45, 2.75) is 225 Å². The van der Waals surface area contributed by atoms with E-state index >= 15 is 0 Å². The Hall–Kier alpha value is -1.39. The second-order valence-electron chi connectivity index (χ2n) is 14.0. The van der Waals surface area contributed by atoms with Crippen LogP contribution in [-0.2, 0) is 4.79 Å². The molecule has 0 spiro atoms. The van der Waals surface area contributed by atoms with Gasteiger partial charge in [0.05, 0.1) is 18.8 Å². The monoisotopic (exact) mass is 660 g/mol. The van der Waals surface area contributed by atoms with Crippen molar-refractivity contribution in [2.75, 3.05) is 6.61 Å². The molecule has 0 bridgehead atoms. The molecular formula is C43H81NO3. The van der Waals surface area contributed by atoms with Crippen molar-refractivity contribution in [3.63, 3.8) is 0 Å². The lowest BCUT2D eigenvalue weighted by Crippen LogP contribution is -2.45. The Morgan fingerprint density at radius 2 is 0.830 bits per heavy atom. The lowest BCUT2D eigenvalue weighted by atomic mass is 10.0. The van der Waals surface area contributed by atoms with Gasteiger partial charge in [-0.05, 0) is 38.5 Å². The average molecular weight is 660 g/mol. The van der Waals surface area contributed by atoms with Crippen molar-refractivity contribution in [3.05, 3.63) is 36.5 Å². The van der Waals surface area contributed by atoms with E-state index in [2.05, 4.69) is 43.5 Å². The van der Waals surface area contributed by atoms with Crippen molar-refractivity contribution in [1.29, 1.82) is 0 Å². The predicted octanol–water partition coefficient (Wildman–Crippen LogP) is 12.6. The second kappa shape index (κ2) is 39.1. The Kier molecular flexibility index (Phi) is 37.9. The number of carbonyl (C=O) groups is 1. The van der Waals surface area contributed by atoms with Crippen molar-refractivity contribution in [1.82, 2.24) is 5.32 Å². The zero-order valence-corrected chi connectivity index (χ0v) is 31.5. The summed E-state index contributed by atoms with van der Waals surface area (Å²) in [6, 6.07) is -0.640. The molecule has 0 aliphatic heterocycles. The molecular weight excluding hydrogens is 578 g/mol. The molecule has 276 valence electrons. The zero-order valence-electron chi connectivity index (χ0n) is 31.5. The third kappa shape index (κ3) is 35.7.